The SMILES string of the molecule is N[C@@H]1CCC[C@@H]1C(=O)Nc1cccc(S(=O)(=O)C(F)(F)F)c1. The second kappa shape index (κ2) is 5.88. The number of carbonyl (C=O) groups is 1. The van der Waals surface area contributed by atoms with E-state index in [0.717, 1.165) is 24.6 Å². The molecule has 9 heteroatoms. The number of amides is 1. The fourth-order valence-electron chi connectivity index (χ4n) is 2.42. The second-order valence-electron chi connectivity index (χ2n) is 5.17. The Morgan fingerprint density at radius 3 is 2.50 bits per heavy atom. The lowest BCUT2D eigenvalue weighted by Crippen LogP contribution is -2.34. The van der Waals surface area contributed by atoms with Gasteiger partial charge < -0.3 is 11.1 Å². The summed E-state index contributed by atoms with van der Waals surface area (Å²) in [5.41, 5.74) is 0.394. The van der Waals surface area contributed by atoms with Gasteiger partial charge in [0.15, 0.2) is 0 Å². The zero-order chi connectivity index (χ0) is 16.5. The zero-order valence-corrected chi connectivity index (χ0v) is 12.2. The quantitative estimate of drug-likeness (QED) is 0.884. The van der Waals surface area contributed by atoms with E-state index in [1.807, 2.05) is 0 Å². The number of rotatable bonds is 3. The topological polar surface area (TPSA) is 89.3 Å². The first-order valence-electron chi connectivity index (χ1n) is 6.61. The van der Waals surface area contributed by atoms with E-state index in [1.54, 1.807) is 0 Å². The molecule has 2 rings (SSSR count). The van der Waals surface area contributed by atoms with Gasteiger partial charge in [0.1, 0.15) is 0 Å². The normalized spacial score (nSPS) is 22.5. The van der Waals surface area contributed by atoms with Gasteiger partial charge in [-0.25, -0.2) is 8.42 Å². The maximum atomic E-state index is 12.5. The van der Waals surface area contributed by atoms with Crippen molar-refractivity contribution in [3.63, 3.8) is 0 Å². The van der Waals surface area contributed by atoms with E-state index in [-0.39, 0.29) is 11.7 Å². The van der Waals surface area contributed by atoms with Crippen LogP contribution in [0, 0.1) is 5.92 Å². The van der Waals surface area contributed by atoms with E-state index >= 15 is 0 Å². The third-order valence-corrected chi connectivity index (χ3v) is 5.11. The largest absolute Gasteiger partial charge is 0.501 e. The van der Waals surface area contributed by atoms with Crippen LogP contribution in [0.1, 0.15) is 19.3 Å². The number of nitrogens with two attached hydrogens (primary N) is 1. The van der Waals surface area contributed by atoms with Crippen LogP contribution in [-0.4, -0.2) is 25.9 Å². The number of benzene rings is 1. The van der Waals surface area contributed by atoms with Gasteiger partial charge in [-0.15, -0.1) is 0 Å². The summed E-state index contributed by atoms with van der Waals surface area (Å²) >= 11 is 0. The summed E-state index contributed by atoms with van der Waals surface area (Å²) in [6.07, 6.45) is 2.12. The maximum absolute atomic E-state index is 12.5. The summed E-state index contributed by atoms with van der Waals surface area (Å²) in [7, 11) is -5.44. The van der Waals surface area contributed by atoms with Gasteiger partial charge in [0.05, 0.1) is 10.8 Å². The Kier molecular flexibility index (Phi) is 4.48. The summed E-state index contributed by atoms with van der Waals surface area (Å²) in [5, 5.41) is 2.43. The molecule has 0 aromatic heterocycles. The fraction of sp³-hybridized carbons (Fsp3) is 0.462. The van der Waals surface area contributed by atoms with Gasteiger partial charge in [0.2, 0.25) is 5.91 Å². The zero-order valence-electron chi connectivity index (χ0n) is 11.4. The van der Waals surface area contributed by atoms with Crippen molar-refractivity contribution in [2.24, 2.45) is 11.7 Å². The number of hydrogen-bond donors (Lipinski definition) is 2. The van der Waals surface area contributed by atoms with E-state index in [1.165, 1.54) is 6.07 Å². The number of sulfone groups is 1. The van der Waals surface area contributed by atoms with E-state index in [2.05, 4.69) is 5.32 Å². The predicted octanol–water partition coefficient (Wildman–Crippen LogP) is 2.05. The number of carbonyl (C=O) groups excluding carboxylic acids is 1. The average molecular weight is 336 g/mol. The molecule has 1 aromatic carbocycles. The van der Waals surface area contributed by atoms with E-state index in [9.17, 15) is 26.4 Å². The molecule has 1 amide bonds. The number of halogens is 3. The van der Waals surface area contributed by atoms with Crippen molar-refractivity contribution in [3.05, 3.63) is 24.3 Å². The lowest BCUT2D eigenvalue weighted by molar-refractivity contribution is -0.120. The third-order valence-electron chi connectivity index (χ3n) is 3.62. The van der Waals surface area contributed by atoms with Gasteiger partial charge in [-0.1, -0.05) is 12.5 Å². The van der Waals surface area contributed by atoms with Gasteiger partial charge in [0.25, 0.3) is 9.84 Å². The molecule has 0 bridgehead atoms. The van der Waals surface area contributed by atoms with E-state index in [0.29, 0.717) is 12.8 Å². The highest BCUT2D eigenvalue weighted by Gasteiger charge is 2.46. The summed E-state index contributed by atoms with van der Waals surface area (Å²) in [6, 6.07) is 3.81. The Balaban J connectivity index is 2.21. The predicted molar refractivity (Wildman–Crippen MR) is 73.6 cm³/mol. The van der Waals surface area contributed by atoms with Crippen molar-refractivity contribution >= 4 is 21.4 Å². The molecule has 0 spiro atoms. The van der Waals surface area contributed by atoms with Crippen molar-refractivity contribution in [1.82, 2.24) is 0 Å². The van der Waals surface area contributed by atoms with Gasteiger partial charge in [-0.2, -0.15) is 13.2 Å². The van der Waals surface area contributed by atoms with Crippen LogP contribution in [0.25, 0.3) is 0 Å². The van der Waals surface area contributed by atoms with Crippen molar-refractivity contribution in [2.45, 2.75) is 35.7 Å². The molecule has 22 heavy (non-hydrogen) atoms. The Morgan fingerprint density at radius 1 is 1.27 bits per heavy atom. The van der Waals surface area contributed by atoms with Crippen molar-refractivity contribution < 1.29 is 26.4 Å². The highest BCUT2D eigenvalue weighted by Crippen LogP contribution is 2.31. The van der Waals surface area contributed by atoms with Gasteiger partial charge >= 0.3 is 5.51 Å². The molecule has 1 aliphatic carbocycles. The number of alkyl halides is 3. The van der Waals surface area contributed by atoms with Crippen LogP contribution >= 0.6 is 0 Å². The lowest BCUT2D eigenvalue weighted by Gasteiger charge is -2.15. The lowest BCUT2D eigenvalue weighted by atomic mass is 10.0. The van der Waals surface area contributed by atoms with Crippen molar-refractivity contribution in [1.29, 1.82) is 0 Å². The molecule has 0 saturated heterocycles. The summed E-state index contributed by atoms with van der Waals surface area (Å²) in [4.78, 5) is 11.1. The highest BCUT2D eigenvalue weighted by atomic mass is 32.2. The van der Waals surface area contributed by atoms with Crippen LogP contribution in [0.5, 0.6) is 0 Å². The van der Waals surface area contributed by atoms with Crippen LogP contribution in [0.4, 0.5) is 18.9 Å². The van der Waals surface area contributed by atoms with Crippen LogP contribution < -0.4 is 11.1 Å². The second-order valence-corrected chi connectivity index (χ2v) is 7.11. The molecule has 0 heterocycles. The molecule has 5 nitrogen and oxygen atoms in total. The molecule has 0 unspecified atom stereocenters. The Morgan fingerprint density at radius 2 is 1.95 bits per heavy atom. The summed E-state index contributed by atoms with van der Waals surface area (Å²) in [6.45, 7) is 0. The van der Waals surface area contributed by atoms with Crippen LogP contribution in [0.15, 0.2) is 29.2 Å². The minimum atomic E-state index is -5.44. The van der Waals surface area contributed by atoms with Crippen LogP contribution in [-0.2, 0) is 14.6 Å². The number of hydrogen-bond acceptors (Lipinski definition) is 4. The Labute approximate surface area is 125 Å². The van der Waals surface area contributed by atoms with Crippen LogP contribution in [0.3, 0.4) is 0 Å². The minimum absolute atomic E-state index is 0.00516. The molecule has 0 radical (unpaired) electrons. The van der Waals surface area contributed by atoms with Crippen LogP contribution in [0.2, 0.25) is 0 Å². The van der Waals surface area contributed by atoms with E-state index < -0.39 is 32.1 Å². The molecular weight excluding hydrogens is 321 g/mol. The van der Waals surface area contributed by atoms with Gasteiger partial charge in [-0.05, 0) is 31.0 Å². The average Bonchev–Trinajstić information content (AvgIpc) is 2.84. The third kappa shape index (κ3) is 3.25. The molecular formula is C13H15F3N2O3S. The van der Waals surface area contributed by atoms with Crippen molar-refractivity contribution in [3.8, 4) is 0 Å². The first-order chi connectivity index (χ1) is 10.1. The fourth-order valence-corrected chi connectivity index (χ4v) is 3.23. The highest BCUT2D eigenvalue weighted by molar-refractivity contribution is 7.92. The Bertz CT molecular complexity index is 673. The summed E-state index contributed by atoms with van der Waals surface area (Å²) < 4.78 is 60.2. The first-order valence-corrected chi connectivity index (χ1v) is 8.09. The Hall–Kier alpha value is -1.61. The molecule has 3 N–H and O–H groups in total. The molecule has 1 aromatic rings. The monoisotopic (exact) mass is 336 g/mol. The minimum Gasteiger partial charge on any atom is -0.327 e. The van der Waals surface area contributed by atoms with E-state index in [4.69, 9.17) is 5.73 Å². The molecule has 122 valence electrons. The number of anilines is 1. The smallest absolute Gasteiger partial charge is 0.327 e. The first kappa shape index (κ1) is 16.8. The molecule has 1 aliphatic rings. The van der Waals surface area contributed by atoms with Crippen molar-refractivity contribution in [2.75, 3.05) is 5.32 Å². The molecule has 2 atom stereocenters. The van der Waals surface area contributed by atoms with Gasteiger partial charge in [-0.3, -0.25) is 4.79 Å². The number of nitrogens with one attached hydrogen (secondary N) is 1. The molecule has 1 saturated carbocycles. The molecule has 1 fully saturated rings. The molecule has 0 aliphatic heterocycles. The standard InChI is InChI=1S/C13H15F3N2O3S/c14-13(15,16)22(20,21)9-4-1-3-8(7-9)18-12(19)10-5-2-6-11(10)17/h1,3-4,7,10-11H,2,5-6,17H2,(H,18,19)/t10-,11+/m0/s1. The summed E-state index contributed by atoms with van der Waals surface area (Å²) in [5.74, 6) is -0.825. The maximum Gasteiger partial charge on any atom is 0.501 e. The van der Waals surface area contributed by atoms with Gasteiger partial charge in [0, 0.05) is 11.7 Å².